The number of rotatable bonds is 6. The summed E-state index contributed by atoms with van der Waals surface area (Å²) in [6, 6.07) is 11.2. The summed E-state index contributed by atoms with van der Waals surface area (Å²) in [5.74, 6) is 0.680. The van der Waals surface area contributed by atoms with Gasteiger partial charge in [0.2, 0.25) is 5.91 Å². The van der Waals surface area contributed by atoms with Gasteiger partial charge in [0.1, 0.15) is 12.4 Å². The number of hydrogen-bond donors (Lipinski definition) is 2. The third-order valence-corrected chi connectivity index (χ3v) is 2.47. The molecule has 2 aromatic rings. The SMILES string of the molecule is COCC(=O)Nc1cccc(NCc2ccco2)c1. The van der Waals surface area contributed by atoms with Crippen LogP contribution in [-0.4, -0.2) is 19.6 Å². The number of benzene rings is 1. The van der Waals surface area contributed by atoms with Gasteiger partial charge in [-0.05, 0) is 30.3 Å². The summed E-state index contributed by atoms with van der Waals surface area (Å²) in [6.45, 7) is 0.645. The maximum absolute atomic E-state index is 11.4. The molecular formula is C14H16N2O3. The Morgan fingerprint density at radius 1 is 1.26 bits per heavy atom. The first-order chi connectivity index (χ1) is 9.28. The lowest BCUT2D eigenvalue weighted by atomic mass is 10.2. The molecule has 0 spiro atoms. The molecule has 0 bridgehead atoms. The number of furan rings is 1. The molecule has 2 N–H and O–H groups in total. The van der Waals surface area contributed by atoms with Gasteiger partial charge in [-0.15, -0.1) is 0 Å². The molecular weight excluding hydrogens is 244 g/mol. The number of carbonyl (C=O) groups excluding carboxylic acids is 1. The quantitative estimate of drug-likeness (QED) is 0.837. The topological polar surface area (TPSA) is 63.5 Å². The van der Waals surface area contributed by atoms with Crippen molar-refractivity contribution in [3.8, 4) is 0 Å². The summed E-state index contributed by atoms with van der Waals surface area (Å²) in [5, 5.41) is 5.97. The molecule has 0 radical (unpaired) electrons. The molecule has 1 heterocycles. The monoisotopic (exact) mass is 260 g/mol. The second kappa shape index (κ2) is 6.61. The molecule has 1 aromatic carbocycles. The van der Waals surface area contributed by atoms with Crippen molar-refractivity contribution in [2.24, 2.45) is 0 Å². The van der Waals surface area contributed by atoms with E-state index in [-0.39, 0.29) is 12.5 Å². The number of hydrogen-bond acceptors (Lipinski definition) is 4. The van der Waals surface area contributed by atoms with Crippen LogP contribution < -0.4 is 10.6 Å². The molecule has 0 saturated carbocycles. The Balaban J connectivity index is 1.93. The van der Waals surface area contributed by atoms with Crippen LogP contribution in [0.15, 0.2) is 47.1 Å². The predicted molar refractivity (Wildman–Crippen MR) is 73.0 cm³/mol. The van der Waals surface area contributed by atoms with Gasteiger partial charge in [-0.1, -0.05) is 6.07 Å². The molecule has 100 valence electrons. The average molecular weight is 260 g/mol. The molecule has 2 rings (SSSR count). The molecule has 1 amide bonds. The summed E-state index contributed by atoms with van der Waals surface area (Å²) in [4.78, 5) is 11.4. The van der Waals surface area contributed by atoms with Crippen LogP contribution in [0.25, 0.3) is 0 Å². The van der Waals surface area contributed by atoms with Crippen LogP contribution in [0.4, 0.5) is 11.4 Å². The van der Waals surface area contributed by atoms with Gasteiger partial charge in [-0.2, -0.15) is 0 Å². The van der Waals surface area contributed by atoms with Crippen LogP contribution in [0.5, 0.6) is 0 Å². The highest BCUT2D eigenvalue weighted by molar-refractivity contribution is 5.92. The summed E-state index contributed by atoms with van der Waals surface area (Å²) >= 11 is 0. The molecule has 0 unspecified atom stereocenters. The Labute approximate surface area is 111 Å². The van der Waals surface area contributed by atoms with E-state index in [9.17, 15) is 4.79 Å². The van der Waals surface area contributed by atoms with Crippen LogP contribution in [0.3, 0.4) is 0 Å². The molecule has 0 fully saturated rings. The highest BCUT2D eigenvalue weighted by Crippen LogP contribution is 2.16. The van der Waals surface area contributed by atoms with E-state index in [4.69, 9.17) is 9.15 Å². The highest BCUT2D eigenvalue weighted by Gasteiger charge is 2.02. The first-order valence-electron chi connectivity index (χ1n) is 5.93. The van der Waals surface area contributed by atoms with Gasteiger partial charge in [-0.3, -0.25) is 4.79 Å². The molecule has 0 aliphatic heterocycles. The number of nitrogens with one attached hydrogen (secondary N) is 2. The Morgan fingerprint density at radius 2 is 2.11 bits per heavy atom. The first-order valence-corrected chi connectivity index (χ1v) is 5.93. The van der Waals surface area contributed by atoms with E-state index in [1.54, 1.807) is 6.26 Å². The first kappa shape index (κ1) is 13.2. The molecule has 19 heavy (non-hydrogen) atoms. The van der Waals surface area contributed by atoms with Crippen molar-refractivity contribution in [1.82, 2.24) is 0 Å². The molecule has 5 nitrogen and oxygen atoms in total. The molecule has 5 heteroatoms. The van der Waals surface area contributed by atoms with Crippen LogP contribution in [0.1, 0.15) is 5.76 Å². The Kier molecular flexibility index (Phi) is 4.58. The minimum Gasteiger partial charge on any atom is -0.467 e. The van der Waals surface area contributed by atoms with Crippen molar-refractivity contribution in [1.29, 1.82) is 0 Å². The third kappa shape index (κ3) is 4.15. The fourth-order valence-electron chi connectivity index (χ4n) is 1.64. The predicted octanol–water partition coefficient (Wildman–Crippen LogP) is 2.48. The zero-order valence-corrected chi connectivity index (χ0v) is 10.7. The molecule has 0 saturated heterocycles. The number of ether oxygens (including phenoxy) is 1. The number of anilines is 2. The van der Waals surface area contributed by atoms with Gasteiger partial charge in [0, 0.05) is 18.5 Å². The second-order valence-corrected chi connectivity index (χ2v) is 3.99. The van der Waals surface area contributed by atoms with Gasteiger partial charge in [0.15, 0.2) is 0 Å². The normalized spacial score (nSPS) is 10.2. The van der Waals surface area contributed by atoms with Crippen molar-refractivity contribution in [2.75, 3.05) is 24.4 Å². The number of amides is 1. The van der Waals surface area contributed by atoms with Crippen molar-refractivity contribution in [3.63, 3.8) is 0 Å². The standard InChI is InChI=1S/C14H16N2O3/c1-18-10-14(17)16-12-5-2-4-11(8-12)15-9-13-6-3-7-19-13/h2-8,15H,9-10H2,1H3,(H,16,17). The Morgan fingerprint density at radius 3 is 2.84 bits per heavy atom. The van der Waals surface area contributed by atoms with Gasteiger partial charge < -0.3 is 19.8 Å². The van der Waals surface area contributed by atoms with Crippen molar-refractivity contribution >= 4 is 17.3 Å². The highest BCUT2D eigenvalue weighted by atomic mass is 16.5. The lowest BCUT2D eigenvalue weighted by Crippen LogP contribution is -2.17. The van der Waals surface area contributed by atoms with Gasteiger partial charge >= 0.3 is 0 Å². The lowest BCUT2D eigenvalue weighted by Gasteiger charge is -2.08. The smallest absolute Gasteiger partial charge is 0.250 e. The van der Waals surface area contributed by atoms with E-state index < -0.39 is 0 Å². The van der Waals surface area contributed by atoms with Crippen LogP contribution in [0.2, 0.25) is 0 Å². The lowest BCUT2D eigenvalue weighted by molar-refractivity contribution is -0.119. The third-order valence-electron chi connectivity index (χ3n) is 2.47. The maximum Gasteiger partial charge on any atom is 0.250 e. The van der Waals surface area contributed by atoms with Gasteiger partial charge in [0.25, 0.3) is 0 Å². The summed E-state index contributed by atoms with van der Waals surface area (Å²) < 4.78 is 10.00. The van der Waals surface area contributed by atoms with Crippen LogP contribution >= 0.6 is 0 Å². The zero-order valence-electron chi connectivity index (χ0n) is 10.7. The fourth-order valence-corrected chi connectivity index (χ4v) is 1.64. The molecule has 0 atom stereocenters. The van der Waals surface area contributed by atoms with Crippen LogP contribution in [0, 0.1) is 0 Å². The van der Waals surface area contributed by atoms with E-state index in [0.29, 0.717) is 6.54 Å². The number of carbonyl (C=O) groups is 1. The molecule has 0 aliphatic carbocycles. The summed E-state index contributed by atoms with van der Waals surface area (Å²) in [6.07, 6.45) is 1.64. The second-order valence-electron chi connectivity index (χ2n) is 3.99. The number of methoxy groups -OCH3 is 1. The van der Waals surface area contributed by atoms with Crippen molar-refractivity contribution < 1.29 is 13.9 Å². The summed E-state index contributed by atoms with van der Waals surface area (Å²) in [7, 11) is 1.49. The molecule has 0 aliphatic rings. The summed E-state index contributed by atoms with van der Waals surface area (Å²) in [5.41, 5.74) is 1.64. The van der Waals surface area contributed by atoms with E-state index in [1.165, 1.54) is 7.11 Å². The molecule has 1 aromatic heterocycles. The Bertz CT molecular complexity index is 523. The zero-order chi connectivity index (χ0) is 13.5. The van der Waals surface area contributed by atoms with Gasteiger partial charge in [-0.25, -0.2) is 0 Å². The van der Waals surface area contributed by atoms with E-state index in [2.05, 4.69) is 10.6 Å². The Hall–Kier alpha value is -2.27. The minimum absolute atomic E-state index is 0.0457. The van der Waals surface area contributed by atoms with Crippen LogP contribution in [-0.2, 0) is 16.1 Å². The minimum atomic E-state index is -0.175. The van der Waals surface area contributed by atoms with E-state index in [0.717, 1.165) is 17.1 Å². The van der Waals surface area contributed by atoms with Crippen molar-refractivity contribution in [3.05, 3.63) is 48.4 Å². The van der Waals surface area contributed by atoms with Crippen molar-refractivity contribution in [2.45, 2.75) is 6.54 Å². The van der Waals surface area contributed by atoms with E-state index in [1.807, 2.05) is 36.4 Å². The maximum atomic E-state index is 11.4. The largest absolute Gasteiger partial charge is 0.467 e. The average Bonchev–Trinajstić information content (AvgIpc) is 2.90. The van der Waals surface area contributed by atoms with Gasteiger partial charge in [0.05, 0.1) is 12.8 Å². The fraction of sp³-hybridized carbons (Fsp3) is 0.214. The van der Waals surface area contributed by atoms with E-state index >= 15 is 0 Å².